The molecule has 1 aromatic carbocycles. The summed E-state index contributed by atoms with van der Waals surface area (Å²) in [5.74, 6) is 0.236. The normalized spacial score (nSPS) is 19.1. The number of hydrogen-bond donors (Lipinski definition) is 0. The number of benzene rings is 1. The molecule has 0 radical (unpaired) electrons. The van der Waals surface area contributed by atoms with Crippen molar-refractivity contribution in [1.82, 2.24) is 4.90 Å². The van der Waals surface area contributed by atoms with E-state index in [1.54, 1.807) is 11.8 Å². The van der Waals surface area contributed by atoms with Crippen LogP contribution in [0.1, 0.15) is 30.6 Å². The maximum atomic E-state index is 12.2. The first-order valence-corrected chi connectivity index (χ1v) is 7.62. The predicted octanol–water partition coefficient (Wildman–Crippen LogP) is 3.32. The predicted molar refractivity (Wildman–Crippen MR) is 77.4 cm³/mol. The highest BCUT2D eigenvalue weighted by atomic mass is 32.2. The first kappa shape index (κ1) is 13.6. The molecule has 1 heterocycles. The largest absolute Gasteiger partial charge is 0.295 e. The van der Waals surface area contributed by atoms with Crippen LogP contribution in [0.5, 0.6) is 0 Å². The molecule has 0 bridgehead atoms. The van der Waals surface area contributed by atoms with Gasteiger partial charge in [0.25, 0.3) is 0 Å². The molecule has 0 unspecified atom stereocenters. The fourth-order valence-electron chi connectivity index (χ4n) is 2.43. The lowest BCUT2D eigenvalue weighted by atomic mass is 9.93. The molecule has 0 saturated carbocycles. The van der Waals surface area contributed by atoms with Crippen molar-refractivity contribution in [3.8, 4) is 0 Å². The number of Topliss-reactive ketones (excluding diaryl/α,β-unsaturated/α-hetero) is 1. The molecule has 1 aromatic rings. The zero-order chi connectivity index (χ0) is 13.2. The number of nitrogens with zero attached hydrogens (tertiary/aromatic N) is 1. The standard InChI is InChI=1S/C15H21NOS/c1-15(2)8-9-16(11-15)10-14(17)12-4-6-13(18-3)7-5-12/h4-7H,8-11H2,1-3H3. The van der Waals surface area contributed by atoms with Gasteiger partial charge < -0.3 is 0 Å². The second-order valence-electron chi connectivity index (χ2n) is 5.78. The van der Waals surface area contributed by atoms with E-state index in [1.807, 2.05) is 30.5 Å². The third-order valence-electron chi connectivity index (χ3n) is 3.54. The first-order chi connectivity index (χ1) is 8.50. The van der Waals surface area contributed by atoms with Crippen molar-refractivity contribution in [2.45, 2.75) is 25.2 Å². The van der Waals surface area contributed by atoms with E-state index in [-0.39, 0.29) is 5.78 Å². The molecule has 18 heavy (non-hydrogen) atoms. The van der Waals surface area contributed by atoms with Gasteiger partial charge in [-0.2, -0.15) is 0 Å². The van der Waals surface area contributed by atoms with Crippen molar-refractivity contribution < 1.29 is 4.79 Å². The lowest BCUT2D eigenvalue weighted by molar-refractivity contribution is 0.0940. The average Bonchev–Trinajstić information content (AvgIpc) is 2.68. The zero-order valence-electron chi connectivity index (χ0n) is 11.4. The van der Waals surface area contributed by atoms with Crippen LogP contribution in [0, 0.1) is 5.41 Å². The van der Waals surface area contributed by atoms with Crippen molar-refractivity contribution in [3.05, 3.63) is 29.8 Å². The molecule has 0 N–H and O–H groups in total. The number of hydrogen-bond acceptors (Lipinski definition) is 3. The molecule has 3 heteroatoms. The molecule has 0 aromatic heterocycles. The number of ketones is 1. The van der Waals surface area contributed by atoms with Gasteiger partial charge >= 0.3 is 0 Å². The molecule has 98 valence electrons. The summed E-state index contributed by atoms with van der Waals surface area (Å²) < 4.78 is 0. The van der Waals surface area contributed by atoms with Crippen LogP contribution in [0.2, 0.25) is 0 Å². The summed E-state index contributed by atoms with van der Waals surface area (Å²) in [5.41, 5.74) is 1.20. The number of carbonyl (C=O) groups is 1. The van der Waals surface area contributed by atoms with Crippen molar-refractivity contribution in [2.75, 3.05) is 25.9 Å². The summed E-state index contributed by atoms with van der Waals surface area (Å²) in [4.78, 5) is 15.6. The molecule has 1 aliphatic rings. The monoisotopic (exact) mass is 263 g/mol. The van der Waals surface area contributed by atoms with Gasteiger partial charge in [0.1, 0.15) is 0 Å². The molecule has 2 nitrogen and oxygen atoms in total. The molecule has 1 saturated heterocycles. The Hall–Kier alpha value is -0.800. The lowest BCUT2D eigenvalue weighted by Gasteiger charge is -2.18. The number of likely N-dealkylation sites (tertiary alicyclic amines) is 1. The van der Waals surface area contributed by atoms with Gasteiger partial charge in [0.05, 0.1) is 6.54 Å². The summed E-state index contributed by atoms with van der Waals surface area (Å²) in [7, 11) is 0. The molecule has 0 aliphatic carbocycles. The Morgan fingerprint density at radius 1 is 1.33 bits per heavy atom. The van der Waals surface area contributed by atoms with Crippen LogP contribution in [-0.4, -0.2) is 36.6 Å². The average molecular weight is 263 g/mol. The van der Waals surface area contributed by atoms with Crippen LogP contribution in [0.3, 0.4) is 0 Å². The zero-order valence-corrected chi connectivity index (χ0v) is 12.2. The number of rotatable bonds is 4. The van der Waals surface area contributed by atoms with Gasteiger partial charge in [0.15, 0.2) is 5.78 Å². The van der Waals surface area contributed by atoms with E-state index in [4.69, 9.17) is 0 Å². The first-order valence-electron chi connectivity index (χ1n) is 6.40. The van der Waals surface area contributed by atoms with Crippen molar-refractivity contribution in [2.24, 2.45) is 5.41 Å². The SMILES string of the molecule is CSc1ccc(C(=O)CN2CCC(C)(C)C2)cc1. The Balaban J connectivity index is 1.95. The third kappa shape index (κ3) is 3.36. The fourth-order valence-corrected chi connectivity index (χ4v) is 2.84. The summed E-state index contributed by atoms with van der Waals surface area (Å²) in [6, 6.07) is 7.92. The maximum absolute atomic E-state index is 12.2. The second kappa shape index (κ2) is 5.45. The smallest absolute Gasteiger partial charge is 0.176 e. The van der Waals surface area contributed by atoms with Gasteiger partial charge in [0, 0.05) is 17.0 Å². The minimum absolute atomic E-state index is 0.236. The highest BCUT2D eigenvalue weighted by Crippen LogP contribution is 2.28. The maximum Gasteiger partial charge on any atom is 0.176 e. The highest BCUT2D eigenvalue weighted by molar-refractivity contribution is 7.98. The van der Waals surface area contributed by atoms with Gasteiger partial charge in [-0.15, -0.1) is 11.8 Å². The molecule has 1 fully saturated rings. The third-order valence-corrected chi connectivity index (χ3v) is 4.28. The molecule has 2 rings (SSSR count). The van der Waals surface area contributed by atoms with Crippen molar-refractivity contribution in [3.63, 3.8) is 0 Å². The second-order valence-corrected chi connectivity index (χ2v) is 6.66. The Labute approximate surface area is 114 Å². The van der Waals surface area contributed by atoms with Crippen molar-refractivity contribution >= 4 is 17.5 Å². The van der Waals surface area contributed by atoms with Gasteiger partial charge in [-0.3, -0.25) is 9.69 Å². The van der Waals surface area contributed by atoms with E-state index in [1.165, 1.54) is 11.3 Å². The van der Waals surface area contributed by atoms with Gasteiger partial charge in [-0.25, -0.2) is 0 Å². The van der Waals surface area contributed by atoms with Crippen LogP contribution in [-0.2, 0) is 0 Å². The van der Waals surface area contributed by atoms with Crippen molar-refractivity contribution in [1.29, 1.82) is 0 Å². The minimum Gasteiger partial charge on any atom is -0.295 e. The van der Waals surface area contributed by atoms with Gasteiger partial charge in [0.2, 0.25) is 0 Å². The molecular weight excluding hydrogens is 242 g/mol. The molecule has 0 amide bonds. The van der Waals surface area contributed by atoms with Crippen LogP contribution >= 0.6 is 11.8 Å². The Morgan fingerprint density at radius 2 is 2.00 bits per heavy atom. The molecular formula is C15H21NOS. The Kier molecular flexibility index (Phi) is 4.13. The lowest BCUT2D eigenvalue weighted by Crippen LogP contribution is -2.29. The molecule has 0 atom stereocenters. The number of carbonyl (C=O) groups excluding carboxylic acids is 1. The van der Waals surface area contributed by atoms with E-state index in [0.29, 0.717) is 12.0 Å². The van der Waals surface area contributed by atoms with Crippen LogP contribution in [0.4, 0.5) is 0 Å². The summed E-state index contributed by atoms with van der Waals surface area (Å²) in [6.45, 7) is 7.17. The van der Waals surface area contributed by atoms with E-state index in [9.17, 15) is 4.79 Å². The van der Waals surface area contributed by atoms with E-state index in [2.05, 4.69) is 18.7 Å². The fraction of sp³-hybridized carbons (Fsp3) is 0.533. The summed E-state index contributed by atoms with van der Waals surface area (Å²) >= 11 is 1.70. The van der Waals surface area contributed by atoms with Gasteiger partial charge in [-0.1, -0.05) is 26.0 Å². The van der Waals surface area contributed by atoms with Crippen LogP contribution in [0.25, 0.3) is 0 Å². The van der Waals surface area contributed by atoms with Gasteiger partial charge in [-0.05, 0) is 36.8 Å². The topological polar surface area (TPSA) is 20.3 Å². The molecule has 1 aliphatic heterocycles. The summed E-state index contributed by atoms with van der Waals surface area (Å²) in [6.07, 6.45) is 3.23. The van der Waals surface area contributed by atoms with E-state index >= 15 is 0 Å². The van der Waals surface area contributed by atoms with Crippen LogP contribution < -0.4 is 0 Å². The Bertz CT molecular complexity index is 425. The quantitative estimate of drug-likeness (QED) is 0.614. The summed E-state index contributed by atoms with van der Waals surface area (Å²) in [5, 5.41) is 0. The highest BCUT2D eigenvalue weighted by Gasteiger charge is 2.30. The minimum atomic E-state index is 0.236. The Morgan fingerprint density at radius 3 is 2.50 bits per heavy atom. The van der Waals surface area contributed by atoms with E-state index in [0.717, 1.165) is 18.7 Å². The van der Waals surface area contributed by atoms with E-state index < -0.39 is 0 Å². The molecule has 0 spiro atoms. The number of thioether (sulfide) groups is 1. The van der Waals surface area contributed by atoms with Crippen LogP contribution in [0.15, 0.2) is 29.2 Å².